The molecule has 0 fully saturated rings. The Morgan fingerprint density at radius 2 is 1.88 bits per heavy atom. The molecule has 0 saturated carbocycles. The summed E-state index contributed by atoms with van der Waals surface area (Å²) in [6.45, 7) is 12.9. The van der Waals surface area contributed by atoms with Crippen molar-refractivity contribution >= 4 is 21.9 Å². The van der Waals surface area contributed by atoms with Crippen LogP contribution in [0.3, 0.4) is 0 Å². The number of ether oxygens (including phenoxy) is 1. The van der Waals surface area contributed by atoms with E-state index in [2.05, 4.69) is 13.2 Å². The quantitative estimate of drug-likeness (QED) is 0.363. The van der Waals surface area contributed by atoms with Crippen LogP contribution in [-0.4, -0.2) is 33.1 Å². The maximum absolute atomic E-state index is 13.6. The molecule has 0 spiro atoms. The van der Waals surface area contributed by atoms with Crippen LogP contribution < -0.4 is 10.2 Å². The molecule has 4 rings (SSSR count). The summed E-state index contributed by atoms with van der Waals surface area (Å²) < 4.78 is 11.9. The molecule has 1 aliphatic heterocycles. The van der Waals surface area contributed by atoms with Crippen LogP contribution in [0, 0.1) is 12.8 Å². The fraction of sp³-hybridized carbons (Fsp3) is 0.320. The van der Waals surface area contributed by atoms with Crippen molar-refractivity contribution in [3.8, 4) is 11.5 Å². The Kier molecular flexibility index (Phi) is 5.36. The van der Waals surface area contributed by atoms with Crippen LogP contribution in [0.4, 0.5) is 0 Å². The van der Waals surface area contributed by atoms with Gasteiger partial charge in [-0.15, -0.1) is 0 Å². The number of aryl methyl sites for hydroxylation is 1. The molecule has 1 aromatic heterocycles. The van der Waals surface area contributed by atoms with Crippen molar-refractivity contribution in [3.63, 3.8) is 0 Å². The van der Waals surface area contributed by atoms with Gasteiger partial charge in [0.2, 0.25) is 5.43 Å². The van der Waals surface area contributed by atoms with Gasteiger partial charge >= 0.3 is 0 Å². The monoisotopic (exact) mass is 438 g/mol. The minimum absolute atomic E-state index is 0.0441. The van der Waals surface area contributed by atoms with Gasteiger partial charge in [0.1, 0.15) is 40.3 Å². The molecule has 4 atom stereocenters. The number of benzene rings is 2. The lowest BCUT2D eigenvalue weighted by Crippen LogP contribution is -2.28. The highest BCUT2D eigenvalue weighted by molar-refractivity contribution is 5.97. The van der Waals surface area contributed by atoms with Gasteiger partial charge in [-0.2, -0.15) is 0 Å². The van der Waals surface area contributed by atoms with Crippen LogP contribution in [0.5, 0.6) is 11.5 Å². The zero-order chi connectivity index (χ0) is 23.5. The van der Waals surface area contributed by atoms with Gasteiger partial charge in [-0.3, -0.25) is 4.79 Å². The zero-order valence-corrected chi connectivity index (χ0v) is 18.2. The maximum Gasteiger partial charge on any atom is 0.204 e. The highest BCUT2D eigenvalue weighted by atomic mass is 16.5. The predicted octanol–water partition coefficient (Wildman–Crippen LogP) is 3.55. The minimum Gasteiger partial charge on any atom is -0.507 e. The van der Waals surface area contributed by atoms with E-state index in [4.69, 9.17) is 9.15 Å². The van der Waals surface area contributed by atoms with E-state index < -0.39 is 29.7 Å². The van der Waals surface area contributed by atoms with E-state index in [-0.39, 0.29) is 39.9 Å². The number of rotatable bonds is 4. The van der Waals surface area contributed by atoms with Gasteiger partial charge in [0, 0.05) is 17.0 Å². The molecule has 0 saturated heterocycles. The Balaban J connectivity index is 2.10. The Morgan fingerprint density at radius 1 is 1.19 bits per heavy atom. The van der Waals surface area contributed by atoms with Crippen LogP contribution in [0.15, 0.2) is 51.7 Å². The Morgan fingerprint density at radius 3 is 2.50 bits per heavy atom. The Labute approximate surface area is 184 Å². The summed E-state index contributed by atoms with van der Waals surface area (Å²) >= 11 is 0. The highest BCUT2D eigenvalue weighted by Crippen LogP contribution is 2.44. The van der Waals surface area contributed by atoms with Crippen LogP contribution >= 0.6 is 0 Å². The summed E-state index contributed by atoms with van der Waals surface area (Å²) in [5.74, 6) is -0.342. The molecule has 0 bridgehead atoms. The highest BCUT2D eigenvalue weighted by Gasteiger charge is 2.35. The lowest BCUT2D eigenvalue weighted by Gasteiger charge is -2.32. The molecule has 168 valence electrons. The van der Waals surface area contributed by atoms with E-state index in [1.807, 2.05) is 0 Å². The molecule has 7 heteroatoms. The molecular formula is C25H26O7. The van der Waals surface area contributed by atoms with Crippen LogP contribution in [0.25, 0.3) is 21.9 Å². The first-order valence-corrected chi connectivity index (χ1v) is 10.3. The standard InChI is InChI=1S/C25H26O7/c1-10(2)14-9-31-24-12(5)8-16-18(19(24)21(14)28)23(30)17-15(26)7-6-13(25(17)32-16)22(29)20(27)11(3)4/h6-8,14,20-22,26-29H,1,3,9H2,2,4-5H3/t14-,20+,21-,22-/m1/s1. The van der Waals surface area contributed by atoms with E-state index >= 15 is 0 Å². The van der Waals surface area contributed by atoms with Gasteiger partial charge < -0.3 is 29.6 Å². The summed E-state index contributed by atoms with van der Waals surface area (Å²) in [6.07, 6.45) is -3.75. The third kappa shape index (κ3) is 3.21. The summed E-state index contributed by atoms with van der Waals surface area (Å²) in [5.41, 5.74) is 1.70. The lowest BCUT2D eigenvalue weighted by molar-refractivity contribution is 0.0419. The van der Waals surface area contributed by atoms with E-state index in [9.17, 15) is 25.2 Å². The van der Waals surface area contributed by atoms with Gasteiger partial charge in [-0.05, 0) is 50.1 Å². The van der Waals surface area contributed by atoms with E-state index in [1.54, 1.807) is 26.8 Å². The third-order valence-corrected chi connectivity index (χ3v) is 6.14. The van der Waals surface area contributed by atoms with Crippen molar-refractivity contribution in [2.75, 3.05) is 6.61 Å². The van der Waals surface area contributed by atoms with Gasteiger partial charge in [0.25, 0.3) is 0 Å². The number of aliphatic hydroxyl groups excluding tert-OH is 3. The Hall–Kier alpha value is -3.13. The second-order valence-electron chi connectivity index (χ2n) is 8.56. The molecule has 0 aliphatic carbocycles. The number of aliphatic hydroxyl groups is 3. The number of phenolic OH excluding ortho intramolecular Hbond substituents is 1. The van der Waals surface area contributed by atoms with Crippen LogP contribution in [-0.2, 0) is 0 Å². The second-order valence-corrected chi connectivity index (χ2v) is 8.56. The van der Waals surface area contributed by atoms with Crippen molar-refractivity contribution in [2.45, 2.75) is 39.1 Å². The normalized spacial score (nSPS) is 19.9. The summed E-state index contributed by atoms with van der Waals surface area (Å²) in [4.78, 5) is 13.6. The molecule has 7 nitrogen and oxygen atoms in total. The molecule has 0 radical (unpaired) electrons. The number of fused-ring (bicyclic) bond motifs is 4. The molecule has 0 amide bonds. The summed E-state index contributed by atoms with van der Waals surface area (Å²) in [7, 11) is 0. The van der Waals surface area contributed by atoms with Gasteiger partial charge in [-0.1, -0.05) is 18.7 Å². The maximum atomic E-state index is 13.6. The van der Waals surface area contributed by atoms with Crippen molar-refractivity contribution in [1.82, 2.24) is 0 Å². The number of hydrogen-bond donors (Lipinski definition) is 4. The zero-order valence-electron chi connectivity index (χ0n) is 18.2. The van der Waals surface area contributed by atoms with E-state index in [1.165, 1.54) is 12.1 Å². The summed E-state index contributed by atoms with van der Waals surface area (Å²) in [6, 6.07) is 4.28. The topological polar surface area (TPSA) is 120 Å². The molecule has 4 N–H and O–H groups in total. The number of aromatic hydroxyl groups is 1. The van der Waals surface area contributed by atoms with Gasteiger partial charge in [-0.25, -0.2) is 0 Å². The number of phenols is 1. The fourth-order valence-electron chi connectivity index (χ4n) is 4.28. The van der Waals surface area contributed by atoms with Gasteiger partial charge in [0.15, 0.2) is 0 Å². The number of hydrogen-bond acceptors (Lipinski definition) is 7. The predicted molar refractivity (Wildman–Crippen MR) is 121 cm³/mol. The molecule has 3 aromatic rings. The first kappa shape index (κ1) is 22.1. The third-order valence-electron chi connectivity index (χ3n) is 6.14. The molecule has 1 aliphatic rings. The molecule has 32 heavy (non-hydrogen) atoms. The average Bonchev–Trinajstić information content (AvgIpc) is 2.72. The SMILES string of the molecule is C=C(C)[C@H]1COc2c(C)cc3oc4c([C@@H](O)[C@@H](O)C(=C)C)ccc(O)c4c(=O)c3c2[C@@H]1O. The average molecular weight is 438 g/mol. The molecule has 2 aromatic carbocycles. The van der Waals surface area contributed by atoms with E-state index in [0.717, 1.165) is 0 Å². The first-order valence-electron chi connectivity index (χ1n) is 10.3. The summed E-state index contributed by atoms with van der Waals surface area (Å²) in [5, 5.41) is 42.5. The smallest absolute Gasteiger partial charge is 0.204 e. The fourth-order valence-corrected chi connectivity index (χ4v) is 4.28. The van der Waals surface area contributed by atoms with Crippen molar-refractivity contribution in [1.29, 1.82) is 0 Å². The molecule has 0 unspecified atom stereocenters. The van der Waals surface area contributed by atoms with Crippen molar-refractivity contribution < 1.29 is 29.6 Å². The van der Waals surface area contributed by atoms with Crippen LogP contribution in [0.2, 0.25) is 0 Å². The lowest BCUT2D eigenvalue weighted by atomic mass is 9.85. The van der Waals surface area contributed by atoms with Gasteiger partial charge in [0.05, 0.1) is 18.1 Å². The Bertz CT molecular complexity index is 1330. The van der Waals surface area contributed by atoms with Crippen LogP contribution in [0.1, 0.15) is 42.7 Å². The minimum atomic E-state index is -1.42. The van der Waals surface area contributed by atoms with Crippen molar-refractivity contribution in [2.24, 2.45) is 5.92 Å². The first-order chi connectivity index (χ1) is 15.0. The second kappa shape index (κ2) is 7.78. The van der Waals surface area contributed by atoms with E-state index in [0.29, 0.717) is 28.0 Å². The largest absolute Gasteiger partial charge is 0.507 e. The van der Waals surface area contributed by atoms with Crippen molar-refractivity contribution in [3.05, 3.63) is 69.4 Å². The molecule has 2 heterocycles. The molecular weight excluding hydrogens is 412 g/mol.